The molecule has 0 unspecified atom stereocenters. The Hall–Kier alpha value is -1.84. The standard InChI is InChI=1S/C16H21FN4O2.HI/c1-11-12(2)23-15(21-11)10-20-16(18-3)19-7-8-22-14-6-4-5-13(17)9-14;/h4-6,9H,7-8,10H2,1-3H3,(H2,18,19,20);1H. The van der Waals surface area contributed by atoms with Gasteiger partial charge in [-0.25, -0.2) is 9.37 Å². The molecule has 2 N–H and O–H groups in total. The number of halogens is 2. The Morgan fingerprint density at radius 2 is 2.12 bits per heavy atom. The van der Waals surface area contributed by atoms with E-state index in [0.29, 0.717) is 37.3 Å². The fourth-order valence-corrected chi connectivity index (χ4v) is 1.89. The van der Waals surface area contributed by atoms with E-state index in [9.17, 15) is 4.39 Å². The average Bonchev–Trinajstić information content (AvgIpc) is 2.85. The molecule has 0 saturated carbocycles. The maximum Gasteiger partial charge on any atom is 0.214 e. The summed E-state index contributed by atoms with van der Waals surface area (Å²) in [7, 11) is 1.68. The maximum atomic E-state index is 13.0. The molecule has 0 aliphatic heterocycles. The molecule has 1 heterocycles. The minimum absolute atomic E-state index is 0. The topological polar surface area (TPSA) is 71.7 Å². The molecule has 6 nitrogen and oxygen atoms in total. The lowest BCUT2D eigenvalue weighted by molar-refractivity contribution is 0.320. The number of nitrogens with one attached hydrogen (secondary N) is 2. The number of benzene rings is 1. The Labute approximate surface area is 157 Å². The second-order valence-corrected chi connectivity index (χ2v) is 4.91. The molecule has 2 aromatic rings. The van der Waals surface area contributed by atoms with E-state index in [1.807, 2.05) is 13.8 Å². The number of nitrogens with zero attached hydrogens (tertiary/aromatic N) is 2. The van der Waals surface area contributed by atoms with E-state index >= 15 is 0 Å². The van der Waals surface area contributed by atoms with Crippen molar-refractivity contribution in [1.82, 2.24) is 15.6 Å². The third-order valence-electron chi connectivity index (χ3n) is 3.16. The molecule has 8 heteroatoms. The molecule has 0 fully saturated rings. The first-order chi connectivity index (χ1) is 11.1. The van der Waals surface area contributed by atoms with Crippen molar-refractivity contribution in [3.63, 3.8) is 0 Å². The molecule has 0 atom stereocenters. The maximum absolute atomic E-state index is 13.0. The Bertz CT molecular complexity index is 656. The van der Waals surface area contributed by atoms with Crippen LogP contribution in [0.25, 0.3) is 0 Å². The Morgan fingerprint density at radius 3 is 2.75 bits per heavy atom. The number of guanidine groups is 1. The molecule has 0 spiro atoms. The minimum Gasteiger partial charge on any atom is -0.492 e. The fourth-order valence-electron chi connectivity index (χ4n) is 1.89. The summed E-state index contributed by atoms with van der Waals surface area (Å²) in [6.07, 6.45) is 0. The highest BCUT2D eigenvalue weighted by Gasteiger charge is 2.06. The molecule has 0 aliphatic carbocycles. The van der Waals surface area contributed by atoms with Gasteiger partial charge >= 0.3 is 0 Å². The molecule has 1 aromatic heterocycles. The van der Waals surface area contributed by atoms with Crippen LogP contribution >= 0.6 is 24.0 Å². The number of oxazole rings is 1. The largest absolute Gasteiger partial charge is 0.492 e. The Kier molecular flexibility index (Phi) is 8.51. The average molecular weight is 448 g/mol. The van der Waals surface area contributed by atoms with E-state index in [-0.39, 0.29) is 29.8 Å². The lowest BCUT2D eigenvalue weighted by Gasteiger charge is -2.11. The van der Waals surface area contributed by atoms with Gasteiger partial charge in [-0.2, -0.15) is 0 Å². The van der Waals surface area contributed by atoms with Crippen LogP contribution < -0.4 is 15.4 Å². The molecule has 24 heavy (non-hydrogen) atoms. The molecule has 0 bridgehead atoms. The molecule has 0 amide bonds. The van der Waals surface area contributed by atoms with E-state index in [4.69, 9.17) is 9.15 Å². The van der Waals surface area contributed by atoms with Crippen LogP contribution in [0.5, 0.6) is 5.75 Å². The summed E-state index contributed by atoms with van der Waals surface area (Å²) in [4.78, 5) is 8.39. The third kappa shape index (κ3) is 6.34. The van der Waals surface area contributed by atoms with Gasteiger partial charge in [0.2, 0.25) is 5.89 Å². The second kappa shape index (κ2) is 10.1. The van der Waals surface area contributed by atoms with Crippen molar-refractivity contribution >= 4 is 29.9 Å². The van der Waals surface area contributed by atoms with Crippen LogP contribution in [0.4, 0.5) is 4.39 Å². The Balaban J connectivity index is 0.00000288. The zero-order valence-electron chi connectivity index (χ0n) is 13.9. The first-order valence-electron chi connectivity index (χ1n) is 7.34. The van der Waals surface area contributed by atoms with Gasteiger partial charge in [-0.15, -0.1) is 24.0 Å². The number of hydrogen-bond acceptors (Lipinski definition) is 4. The van der Waals surface area contributed by atoms with Crippen LogP contribution in [0.15, 0.2) is 33.7 Å². The highest BCUT2D eigenvalue weighted by atomic mass is 127. The fraction of sp³-hybridized carbons (Fsp3) is 0.375. The number of aromatic nitrogens is 1. The van der Waals surface area contributed by atoms with E-state index in [0.717, 1.165) is 11.5 Å². The first kappa shape index (κ1) is 20.2. The monoisotopic (exact) mass is 448 g/mol. The summed E-state index contributed by atoms with van der Waals surface area (Å²) in [5, 5.41) is 6.20. The SMILES string of the molecule is CN=C(NCCOc1cccc(F)c1)NCc1nc(C)c(C)o1.I. The smallest absolute Gasteiger partial charge is 0.214 e. The molecule has 1 aromatic carbocycles. The van der Waals surface area contributed by atoms with Gasteiger partial charge < -0.3 is 19.8 Å². The lowest BCUT2D eigenvalue weighted by Crippen LogP contribution is -2.38. The second-order valence-electron chi connectivity index (χ2n) is 4.91. The quantitative estimate of drug-likeness (QED) is 0.308. The van der Waals surface area contributed by atoms with Gasteiger partial charge in [0.15, 0.2) is 5.96 Å². The van der Waals surface area contributed by atoms with Crippen molar-refractivity contribution in [3.8, 4) is 5.75 Å². The molecular formula is C16H22FIN4O2. The van der Waals surface area contributed by atoms with Crippen LogP contribution in [0.3, 0.4) is 0 Å². The zero-order valence-corrected chi connectivity index (χ0v) is 16.3. The van der Waals surface area contributed by atoms with Crippen molar-refractivity contribution in [2.75, 3.05) is 20.2 Å². The van der Waals surface area contributed by atoms with Crippen molar-refractivity contribution < 1.29 is 13.5 Å². The number of ether oxygens (including phenoxy) is 1. The number of rotatable bonds is 6. The Morgan fingerprint density at radius 1 is 1.33 bits per heavy atom. The van der Waals surface area contributed by atoms with Crippen LogP contribution in [0.1, 0.15) is 17.3 Å². The minimum atomic E-state index is -0.315. The molecule has 0 saturated heterocycles. The first-order valence-corrected chi connectivity index (χ1v) is 7.34. The normalized spacial score (nSPS) is 10.9. The van der Waals surface area contributed by atoms with Crippen molar-refractivity contribution in [2.24, 2.45) is 4.99 Å². The number of aliphatic imine (C=N–C) groups is 1. The molecule has 2 rings (SSSR count). The van der Waals surface area contributed by atoms with Crippen molar-refractivity contribution in [1.29, 1.82) is 0 Å². The summed E-state index contributed by atoms with van der Waals surface area (Å²) in [5.41, 5.74) is 0.883. The highest BCUT2D eigenvalue weighted by Crippen LogP contribution is 2.11. The number of hydrogen-bond donors (Lipinski definition) is 2. The van der Waals surface area contributed by atoms with Gasteiger partial charge in [0, 0.05) is 13.1 Å². The molecular weight excluding hydrogens is 426 g/mol. The van der Waals surface area contributed by atoms with Gasteiger partial charge in [0.1, 0.15) is 23.9 Å². The van der Waals surface area contributed by atoms with Gasteiger partial charge in [0.05, 0.1) is 18.8 Å². The van der Waals surface area contributed by atoms with Crippen LogP contribution in [0.2, 0.25) is 0 Å². The molecule has 132 valence electrons. The van der Waals surface area contributed by atoms with Crippen LogP contribution in [-0.4, -0.2) is 31.1 Å². The summed E-state index contributed by atoms with van der Waals surface area (Å²) >= 11 is 0. The third-order valence-corrected chi connectivity index (χ3v) is 3.16. The summed E-state index contributed by atoms with van der Waals surface area (Å²) in [6.45, 7) is 5.14. The van der Waals surface area contributed by atoms with Gasteiger partial charge in [0.25, 0.3) is 0 Å². The van der Waals surface area contributed by atoms with Gasteiger partial charge in [-0.3, -0.25) is 4.99 Å². The molecule has 0 aliphatic rings. The van der Waals surface area contributed by atoms with Gasteiger partial charge in [-0.05, 0) is 26.0 Å². The van der Waals surface area contributed by atoms with Gasteiger partial charge in [-0.1, -0.05) is 6.07 Å². The van der Waals surface area contributed by atoms with E-state index in [1.165, 1.54) is 12.1 Å². The molecule has 0 radical (unpaired) electrons. The lowest BCUT2D eigenvalue weighted by atomic mass is 10.3. The van der Waals surface area contributed by atoms with E-state index in [1.54, 1.807) is 19.2 Å². The summed E-state index contributed by atoms with van der Waals surface area (Å²) < 4.78 is 23.9. The van der Waals surface area contributed by atoms with Crippen molar-refractivity contribution in [3.05, 3.63) is 47.4 Å². The van der Waals surface area contributed by atoms with Crippen molar-refractivity contribution in [2.45, 2.75) is 20.4 Å². The van der Waals surface area contributed by atoms with Crippen LogP contribution in [0, 0.1) is 19.7 Å². The van der Waals surface area contributed by atoms with E-state index < -0.39 is 0 Å². The highest BCUT2D eigenvalue weighted by molar-refractivity contribution is 14.0. The number of aryl methyl sites for hydroxylation is 2. The zero-order chi connectivity index (χ0) is 16.7. The summed E-state index contributed by atoms with van der Waals surface area (Å²) in [5.74, 6) is 2.22. The predicted octanol–water partition coefficient (Wildman–Crippen LogP) is 2.79. The van der Waals surface area contributed by atoms with E-state index in [2.05, 4.69) is 20.6 Å². The van der Waals surface area contributed by atoms with Crippen LogP contribution in [-0.2, 0) is 6.54 Å². The predicted molar refractivity (Wildman–Crippen MR) is 101 cm³/mol. The summed E-state index contributed by atoms with van der Waals surface area (Å²) in [6, 6.07) is 6.05.